The molecule has 4 nitrogen and oxygen atoms in total. The van der Waals surface area contributed by atoms with Crippen LogP contribution in [0.3, 0.4) is 0 Å². The molecule has 2 rings (SSSR count). The van der Waals surface area contributed by atoms with Crippen LogP contribution in [0.4, 0.5) is 0 Å². The lowest BCUT2D eigenvalue weighted by Crippen LogP contribution is -2.42. The van der Waals surface area contributed by atoms with E-state index >= 15 is 0 Å². The molecule has 14 heavy (non-hydrogen) atoms. The van der Waals surface area contributed by atoms with Crippen LogP contribution in [0.1, 0.15) is 12.8 Å². The minimum atomic E-state index is 0.250. The van der Waals surface area contributed by atoms with Crippen molar-refractivity contribution in [2.75, 3.05) is 33.2 Å². The molecule has 0 aromatic carbocycles. The van der Waals surface area contributed by atoms with E-state index in [-0.39, 0.29) is 5.92 Å². The van der Waals surface area contributed by atoms with E-state index < -0.39 is 0 Å². The molecule has 2 N–H and O–H groups in total. The Bertz CT molecular complexity index is 231. The largest absolute Gasteiger partial charge is 0.340 e. The molecule has 0 bridgehead atoms. The molecule has 2 aliphatic rings. The Morgan fingerprint density at radius 3 is 3.00 bits per heavy atom. The van der Waals surface area contributed by atoms with Crippen LogP contribution in [0.2, 0.25) is 0 Å². The van der Waals surface area contributed by atoms with E-state index in [1.54, 1.807) is 0 Å². The summed E-state index contributed by atoms with van der Waals surface area (Å²) in [6, 6.07) is 0.447. The number of nitrogens with zero attached hydrogens (tertiary/aromatic N) is 2. The van der Waals surface area contributed by atoms with Crippen LogP contribution in [-0.4, -0.2) is 55.0 Å². The Balaban J connectivity index is 2.06. The Kier molecular flexibility index (Phi) is 2.74. The molecule has 2 unspecified atom stereocenters. The van der Waals surface area contributed by atoms with E-state index in [9.17, 15) is 4.79 Å². The normalized spacial score (nSPS) is 33.6. The second-order valence-electron chi connectivity index (χ2n) is 4.37. The summed E-state index contributed by atoms with van der Waals surface area (Å²) in [5, 5.41) is 0. The molecule has 1 amide bonds. The molecule has 0 aromatic rings. The maximum absolute atomic E-state index is 11.9. The average molecular weight is 197 g/mol. The Morgan fingerprint density at radius 1 is 1.57 bits per heavy atom. The van der Waals surface area contributed by atoms with Gasteiger partial charge in [0, 0.05) is 25.7 Å². The van der Waals surface area contributed by atoms with Gasteiger partial charge in [-0.1, -0.05) is 0 Å². The van der Waals surface area contributed by atoms with Crippen LogP contribution >= 0.6 is 0 Å². The first kappa shape index (κ1) is 9.93. The van der Waals surface area contributed by atoms with Gasteiger partial charge in [0.2, 0.25) is 5.91 Å². The number of hydrogen-bond donors (Lipinski definition) is 1. The molecule has 0 saturated carbocycles. The van der Waals surface area contributed by atoms with Gasteiger partial charge in [0.25, 0.3) is 0 Å². The van der Waals surface area contributed by atoms with Crippen molar-refractivity contribution in [3.05, 3.63) is 0 Å². The Labute approximate surface area is 85.0 Å². The number of carbonyl (C=O) groups is 1. The highest BCUT2D eigenvalue weighted by atomic mass is 16.2. The third-order valence-corrected chi connectivity index (χ3v) is 3.49. The summed E-state index contributed by atoms with van der Waals surface area (Å²) in [7, 11) is 2.12. The minimum Gasteiger partial charge on any atom is -0.340 e. The second-order valence-corrected chi connectivity index (χ2v) is 4.37. The SMILES string of the molecule is CN1CCCC2C(=O)N(CCN)CC21. The van der Waals surface area contributed by atoms with Gasteiger partial charge in [0.05, 0.1) is 5.92 Å². The van der Waals surface area contributed by atoms with E-state index in [1.807, 2.05) is 4.90 Å². The van der Waals surface area contributed by atoms with Gasteiger partial charge in [-0.3, -0.25) is 4.79 Å². The van der Waals surface area contributed by atoms with E-state index in [0.717, 1.165) is 32.5 Å². The van der Waals surface area contributed by atoms with Gasteiger partial charge in [0.1, 0.15) is 0 Å². The molecule has 2 fully saturated rings. The number of rotatable bonds is 2. The molecule has 0 spiro atoms. The third-order valence-electron chi connectivity index (χ3n) is 3.49. The maximum Gasteiger partial charge on any atom is 0.227 e. The highest BCUT2D eigenvalue weighted by molar-refractivity contribution is 5.82. The molecule has 2 atom stereocenters. The summed E-state index contributed by atoms with van der Waals surface area (Å²) in [6.07, 6.45) is 2.22. The molecule has 0 radical (unpaired) electrons. The number of amides is 1. The van der Waals surface area contributed by atoms with E-state index in [2.05, 4.69) is 11.9 Å². The fourth-order valence-electron chi connectivity index (χ4n) is 2.69. The third kappa shape index (κ3) is 1.53. The van der Waals surface area contributed by atoms with Crippen LogP contribution in [0, 0.1) is 5.92 Å². The number of carbonyl (C=O) groups excluding carboxylic acids is 1. The predicted molar refractivity (Wildman–Crippen MR) is 54.8 cm³/mol. The molecular weight excluding hydrogens is 178 g/mol. The summed E-state index contributed by atoms with van der Waals surface area (Å²) >= 11 is 0. The number of piperidine rings is 1. The quantitative estimate of drug-likeness (QED) is 0.649. The van der Waals surface area contributed by atoms with E-state index in [4.69, 9.17) is 5.73 Å². The van der Waals surface area contributed by atoms with Gasteiger partial charge >= 0.3 is 0 Å². The van der Waals surface area contributed by atoms with E-state index in [0.29, 0.717) is 18.5 Å². The van der Waals surface area contributed by atoms with Crippen molar-refractivity contribution in [2.45, 2.75) is 18.9 Å². The molecule has 2 saturated heterocycles. The molecule has 80 valence electrons. The fourth-order valence-corrected chi connectivity index (χ4v) is 2.69. The van der Waals surface area contributed by atoms with Crippen molar-refractivity contribution in [1.82, 2.24) is 9.80 Å². The first-order chi connectivity index (χ1) is 6.74. The first-order valence-electron chi connectivity index (χ1n) is 5.43. The van der Waals surface area contributed by atoms with Crippen LogP contribution in [0.15, 0.2) is 0 Å². The van der Waals surface area contributed by atoms with Crippen LogP contribution in [0.5, 0.6) is 0 Å². The van der Waals surface area contributed by atoms with Crippen molar-refractivity contribution < 1.29 is 4.79 Å². The number of likely N-dealkylation sites (N-methyl/N-ethyl adjacent to an activating group) is 1. The maximum atomic E-state index is 11.9. The minimum absolute atomic E-state index is 0.250. The molecule has 0 aliphatic carbocycles. The first-order valence-corrected chi connectivity index (χ1v) is 5.43. The van der Waals surface area contributed by atoms with Gasteiger partial charge in [-0.25, -0.2) is 0 Å². The summed E-state index contributed by atoms with van der Waals surface area (Å²) < 4.78 is 0. The standard InChI is InChI=1S/C10H19N3O/c1-12-5-2-3-8-9(12)7-13(6-4-11)10(8)14/h8-9H,2-7,11H2,1H3. The average Bonchev–Trinajstić information content (AvgIpc) is 2.48. The zero-order chi connectivity index (χ0) is 10.1. The summed E-state index contributed by atoms with van der Waals surface area (Å²) in [5.74, 6) is 0.576. The van der Waals surface area contributed by atoms with Gasteiger partial charge in [-0.05, 0) is 26.4 Å². The van der Waals surface area contributed by atoms with Crippen molar-refractivity contribution in [1.29, 1.82) is 0 Å². The van der Waals surface area contributed by atoms with Crippen LogP contribution < -0.4 is 5.73 Å². The fraction of sp³-hybridized carbons (Fsp3) is 0.900. The highest BCUT2D eigenvalue weighted by Crippen LogP contribution is 2.30. The summed E-state index contributed by atoms with van der Waals surface area (Å²) in [6.45, 7) is 3.32. The van der Waals surface area contributed by atoms with Crippen molar-refractivity contribution in [3.8, 4) is 0 Å². The summed E-state index contributed by atoms with van der Waals surface area (Å²) in [4.78, 5) is 16.2. The number of nitrogens with two attached hydrogens (primary N) is 1. The lowest BCUT2D eigenvalue weighted by molar-refractivity contribution is -0.131. The van der Waals surface area contributed by atoms with Crippen molar-refractivity contribution >= 4 is 5.91 Å². The Hall–Kier alpha value is -0.610. The van der Waals surface area contributed by atoms with Crippen LogP contribution in [0.25, 0.3) is 0 Å². The van der Waals surface area contributed by atoms with Gasteiger partial charge in [-0.2, -0.15) is 0 Å². The lowest BCUT2D eigenvalue weighted by atomic mass is 9.92. The van der Waals surface area contributed by atoms with Crippen molar-refractivity contribution in [3.63, 3.8) is 0 Å². The monoisotopic (exact) mass is 197 g/mol. The number of likely N-dealkylation sites (tertiary alicyclic amines) is 2. The smallest absolute Gasteiger partial charge is 0.227 e. The van der Waals surface area contributed by atoms with Crippen LogP contribution in [-0.2, 0) is 4.79 Å². The molecular formula is C10H19N3O. The predicted octanol–water partition coefficient (Wildman–Crippen LogP) is -0.502. The topological polar surface area (TPSA) is 49.6 Å². The lowest BCUT2D eigenvalue weighted by Gasteiger charge is -2.32. The number of hydrogen-bond acceptors (Lipinski definition) is 3. The Morgan fingerprint density at radius 2 is 2.36 bits per heavy atom. The highest BCUT2D eigenvalue weighted by Gasteiger charge is 2.43. The van der Waals surface area contributed by atoms with Gasteiger partial charge in [0.15, 0.2) is 0 Å². The zero-order valence-electron chi connectivity index (χ0n) is 8.78. The van der Waals surface area contributed by atoms with Crippen molar-refractivity contribution in [2.24, 2.45) is 11.7 Å². The molecule has 0 aromatic heterocycles. The van der Waals surface area contributed by atoms with Gasteiger partial charge in [-0.15, -0.1) is 0 Å². The molecule has 4 heteroatoms. The summed E-state index contributed by atoms with van der Waals surface area (Å²) in [5.41, 5.74) is 5.49. The molecule has 2 aliphatic heterocycles. The zero-order valence-corrected chi connectivity index (χ0v) is 8.78. The van der Waals surface area contributed by atoms with Gasteiger partial charge < -0.3 is 15.5 Å². The number of fused-ring (bicyclic) bond motifs is 1. The van der Waals surface area contributed by atoms with E-state index in [1.165, 1.54) is 0 Å². The second kappa shape index (κ2) is 3.87. The molecule has 2 heterocycles.